The van der Waals surface area contributed by atoms with E-state index in [-0.39, 0.29) is 23.1 Å². The van der Waals surface area contributed by atoms with Gasteiger partial charge in [0, 0.05) is 23.5 Å². The Morgan fingerprint density at radius 1 is 0.781 bits per heavy atom. The normalized spacial score (nSPS) is 10.1. The first kappa shape index (κ1) is 20.5. The second-order valence-corrected chi connectivity index (χ2v) is 6.56. The zero-order valence-electron chi connectivity index (χ0n) is 16.4. The Hall–Kier alpha value is -4.82. The Labute approximate surface area is 182 Å². The van der Waals surface area contributed by atoms with Gasteiger partial charge in [-0.05, 0) is 54.1 Å². The molecule has 8 heteroatoms. The van der Waals surface area contributed by atoms with Crippen LogP contribution in [0.2, 0.25) is 0 Å². The Kier molecular flexibility index (Phi) is 5.69. The van der Waals surface area contributed by atoms with Crippen molar-refractivity contribution < 1.29 is 13.5 Å². The van der Waals surface area contributed by atoms with Gasteiger partial charge in [0.05, 0.1) is 23.3 Å². The maximum Gasteiger partial charge on any atom is 0.230 e. The molecule has 0 bridgehead atoms. The molecule has 6 nitrogen and oxygen atoms in total. The molecule has 0 aliphatic heterocycles. The highest BCUT2D eigenvalue weighted by atomic mass is 19.2. The van der Waals surface area contributed by atoms with E-state index in [0.717, 1.165) is 0 Å². The van der Waals surface area contributed by atoms with Gasteiger partial charge in [0.25, 0.3) is 0 Å². The van der Waals surface area contributed by atoms with Gasteiger partial charge in [0.1, 0.15) is 0 Å². The summed E-state index contributed by atoms with van der Waals surface area (Å²) in [5, 5.41) is 20.7. The Morgan fingerprint density at radius 2 is 1.44 bits per heavy atom. The molecule has 154 valence electrons. The predicted octanol–water partition coefficient (Wildman–Crippen LogP) is 5.70. The van der Waals surface area contributed by atoms with Crippen LogP contribution < -0.4 is 10.1 Å². The van der Waals surface area contributed by atoms with Crippen LogP contribution in [0.5, 0.6) is 11.6 Å². The van der Waals surface area contributed by atoms with Crippen LogP contribution in [0.15, 0.2) is 72.9 Å². The van der Waals surface area contributed by atoms with Gasteiger partial charge in [-0.3, -0.25) is 0 Å². The van der Waals surface area contributed by atoms with E-state index in [4.69, 9.17) is 15.3 Å². The van der Waals surface area contributed by atoms with Crippen molar-refractivity contribution in [1.82, 2.24) is 9.97 Å². The first-order valence-corrected chi connectivity index (χ1v) is 9.34. The highest BCUT2D eigenvalue weighted by molar-refractivity contribution is 5.66. The summed E-state index contributed by atoms with van der Waals surface area (Å²) < 4.78 is 34.8. The molecule has 0 aliphatic carbocycles. The lowest BCUT2D eigenvalue weighted by molar-refractivity contribution is 0.406. The molecule has 4 rings (SSSR count). The molecule has 0 fully saturated rings. The number of hydrogen-bond acceptors (Lipinski definition) is 6. The molecule has 3 aromatic carbocycles. The molecule has 0 saturated carbocycles. The van der Waals surface area contributed by atoms with Gasteiger partial charge < -0.3 is 10.1 Å². The molecule has 1 aromatic heterocycles. The number of halogens is 2. The van der Waals surface area contributed by atoms with E-state index >= 15 is 0 Å². The minimum atomic E-state index is -1.16. The van der Waals surface area contributed by atoms with Gasteiger partial charge >= 0.3 is 0 Å². The van der Waals surface area contributed by atoms with Gasteiger partial charge in [0.2, 0.25) is 17.6 Å². The molecule has 0 atom stereocenters. The second kappa shape index (κ2) is 8.90. The average Bonchev–Trinajstić information content (AvgIpc) is 2.83. The predicted molar refractivity (Wildman–Crippen MR) is 113 cm³/mol. The molecular weight excluding hydrogens is 412 g/mol. The third kappa shape index (κ3) is 4.35. The summed E-state index contributed by atoms with van der Waals surface area (Å²) >= 11 is 0. The van der Waals surface area contributed by atoms with Gasteiger partial charge in [-0.15, -0.1) is 0 Å². The molecule has 0 aliphatic rings. The highest BCUT2D eigenvalue weighted by Crippen LogP contribution is 2.32. The largest absolute Gasteiger partial charge is 0.436 e. The zero-order chi connectivity index (χ0) is 22.5. The minimum Gasteiger partial charge on any atom is -0.436 e. The van der Waals surface area contributed by atoms with E-state index in [0.29, 0.717) is 22.4 Å². The van der Waals surface area contributed by atoms with Crippen LogP contribution >= 0.6 is 0 Å². The molecule has 1 N–H and O–H groups in total. The Morgan fingerprint density at radius 3 is 2.09 bits per heavy atom. The fraction of sp³-hybridized carbons (Fsp3) is 0. The van der Waals surface area contributed by atoms with E-state index in [1.54, 1.807) is 36.4 Å². The molecule has 0 spiro atoms. The summed E-state index contributed by atoms with van der Waals surface area (Å²) in [6.07, 6.45) is 1.41. The van der Waals surface area contributed by atoms with E-state index in [1.165, 1.54) is 36.5 Å². The number of aromatic nitrogens is 2. The lowest BCUT2D eigenvalue weighted by Gasteiger charge is -2.11. The third-order valence-corrected chi connectivity index (χ3v) is 4.49. The van der Waals surface area contributed by atoms with E-state index in [9.17, 15) is 8.78 Å². The number of benzene rings is 3. The van der Waals surface area contributed by atoms with Crippen molar-refractivity contribution in [3.8, 4) is 34.9 Å². The first-order chi connectivity index (χ1) is 15.6. The van der Waals surface area contributed by atoms with Crippen LogP contribution in [0.25, 0.3) is 11.1 Å². The lowest BCUT2D eigenvalue weighted by atomic mass is 10.0. The molecule has 4 aromatic rings. The van der Waals surface area contributed by atoms with E-state index < -0.39 is 11.6 Å². The summed E-state index contributed by atoms with van der Waals surface area (Å²) in [6.45, 7) is 0. The summed E-state index contributed by atoms with van der Waals surface area (Å²) in [7, 11) is 0. The van der Waals surface area contributed by atoms with Crippen molar-refractivity contribution in [3.05, 3.63) is 95.7 Å². The number of ether oxygens (including phenoxy) is 1. The van der Waals surface area contributed by atoms with Crippen LogP contribution in [0.3, 0.4) is 0 Å². The van der Waals surface area contributed by atoms with E-state index in [2.05, 4.69) is 15.3 Å². The average molecular weight is 425 g/mol. The van der Waals surface area contributed by atoms with Crippen LogP contribution in [0, 0.1) is 34.3 Å². The second-order valence-electron chi connectivity index (χ2n) is 6.56. The number of nitrogens with zero attached hydrogens (tertiary/aromatic N) is 4. The fourth-order valence-electron chi connectivity index (χ4n) is 2.89. The number of rotatable bonds is 5. The fourth-order valence-corrected chi connectivity index (χ4v) is 2.89. The van der Waals surface area contributed by atoms with Gasteiger partial charge in [0.15, 0.2) is 11.6 Å². The maximum absolute atomic E-state index is 14.7. The summed E-state index contributed by atoms with van der Waals surface area (Å²) in [6, 6.07) is 20.9. The summed E-state index contributed by atoms with van der Waals surface area (Å²) in [5.41, 5.74) is 2.05. The minimum absolute atomic E-state index is 0.0144. The monoisotopic (exact) mass is 425 g/mol. The first-order valence-electron chi connectivity index (χ1n) is 9.34. The number of anilines is 2. The SMILES string of the molecule is N#Cc1ccc(Nc2nccc(Oc3ccc(-c4ccc(C#N)cc4)c(F)c3F)n2)cc1. The highest BCUT2D eigenvalue weighted by Gasteiger charge is 2.17. The van der Waals surface area contributed by atoms with Crippen LogP contribution in [0.1, 0.15) is 11.1 Å². The van der Waals surface area contributed by atoms with Gasteiger partial charge in [-0.2, -0.15) is 19.9 Å². The van der Waals surface area contributed by atoms with Crippen molar-refractivity contribution in [2.45, 2.75) is 0 Å². The number of hydrogen-bond donors (Lipinski definition) is 1. The molecule has 1 heterocycles. The van der Waals surface area contributed by atoms with Gasteiger partial charge in [-0.25, -0.2) is 9.37 Å². The standard InChI is InChI=1S/C24H13F2N5O/c25-22-19(17-5-1-15(13-27)2-6-17)9-10-20(23(22)26)32-21-11-12-29-24(31-21)30-18-7-3-16(14-28)4-8-18/h1-12H,(H,29,30,31). The van der Waals surface area contributed by atoms with Crippen LogP contribution in [-0.2, 0) is 0 Å². The Bertz CT molecular complexity index is 1360. The molecule has 0 radical (unpaired) electrons. The number of nitrogens with one attached hydrogen (secondary N) is 1. The molecule has 0 unspecified atom stereocenters. The molecular formula is C24H13F2N5O. The topological polar surface area (TPSA) is 94.6 Å². The third-order valence-electron chi connectivity index (χ3n) is 4.49. The van der Waals surface area contributed by atoms with Crippen LogP contribution in [0.4, 0.5) is 20.4 Å². The summed E-state index contributed by atoms with van der Waals surface area (Å²) in [4.78, 5) is 8.22. The van der Waals surface area contributed by atoms with Crippen molar-refractivity contribution in [2.24, 2.45) is 0 Å². The van der Waals surface area contributed by atoms with Crippen LogP contribution in [-0.4, -0.2) is 9.97 Å². The quantitative estimate of drug-likeness (QED) is 0.441. The van der Waals surface area contributed by atoms with Crippen molar-refractivity contribution in [1.29, 1.82) is 10.5 Å². The van der Waals surface area contributed by atoms with Gasteiger partial charge in [-0.1, -0.05) is 12.1 Å². The molecule has 0 amide bonds. The molecule has 0 saturated heterocycles. The smallest absolute Gasteiger partial charge is 0.230 e. The van der Waals surface area contributed by atoms with Crippen molar-refractivity contribution >= 4 is 11.6 Å². The number of nitriles is 2. The van der Waals surface area contributed by atoms with Crippen molar-refractivity contribution in [2.75, 3.05) is 5.32 Å². The van der Waals surface area contributed by atoms with E-state index in [1.807, 2.05) is 12.1 Å². The maximum atomic E-state index is 14.7. The summed E-state index contributed by atoms with van der Waals surface area (Å²) in [5.74, 6) is -2.37. The molecule has 32 heavy (non-hydrogen) atoms. The lowest BCUT2D eigenvalue weighted by Crippen LogP contribution is -2.00. The zero-order valence-corrected chi connectivity index (χ0v) is 16.4. The Balaban J connectivity index is 1.55. The van der Waals surface area contributed by atoms with Crippen molar-refractivity contribution in [3.63, 3.8) is 0 Å².